The van der Waals surface area contributed by atoms with Crippen LogP contribution in [0.3, 0.4) is 0 Å². The Hall–Kier alpha value is -3.59. The summed E-state index contributed by atoms with van der Waals surface area (Å²) in [6.07, 6.45) is 1.26. The van der Waals surface area contributed by atoms with E-state index in [0.717, 1.165) is 6.42 Å². The van der Waals surface area contributed by atoms with Crippen LogP contribution in [0.2, 0.25) is 0 Å². The average molecular weight is 437 g/mol. The number of hydrogen-bond acceptors (Lipinski definition) is 5. The van der Waals surface area contributed by atoms with Gasteiger partial charge in [-0.25, -0.2) is 8.42 Å². The van der Waals surface area contributed by atoms with Crippen molar-refractivity contribution in [2.24, 2.45) is 0 Å². The minimum atomic E-state index is -3.96. The van der Waals surface area contributed by atoms with Crippen molar-refractivity contribution in [3.05, 3.63) is 54.1 Å². The largest absolute Gasteiger partial charge is 0.494 e. The van der Waals surface area contributed by atoms with E-state index in [-0.39, 0.29) is 16.7 Å². The molecule has 2 aliphatic heterocycles. The normalized spacial score (nSPS) is 15.5. The van der Waals surface area contributed by atoms with E-state index in [4.69, 9.17) is 4.74 Å². The van der Waals surface area contributed by atoms with Crippen molar-refractivity contribution in [3.63, 3.8) is 0 Å². The predicted octanol–water partition coefficient (Wildman–Crippen LogP) is 3.34. The Balaban J connectivity index is 1.53. The minimum Gasteiger partial charge on any atom is -0.494 e. The smallest absolute Gasteiger partial charge is 0.262 e. The van der Waals surface area contributed by atoms with E-state index in [2.05, 4.69) is 10.0 Å². The van der Waals surface area contributed by atoms with Crippen molar-refractivity contribution in [2.45, 2.75) is 17.7 Å². The van der Waals surface area contributed by atoms with Gasteiger partial charge in [-0.1, -0.05) is 12.1 Å². The molecule has 0 aromatic heterocycles. The van der Waals surface area contributed by atoms with Gasteiger partial charge < -0.3 is 15.0 Å². The Bertz CT molecular complexity index is 1370. The molecule has 1 fully saturated rings. The predicted molar refractivity (Wildman–Crippen MR) is 117 cm³/mol. The second-order valence-electron chi connectivity index (χ2n) is 7.43. The summed E-state index contributed by atoms with van der Waals surface area (Å²) in [5, 5.41) is 3.81. The molecule has 0 spiro atoms. The monoisotopic (exact) mass is 437 g/mol. The zero-order chi connectivity index (χ0) is 21.8. The molecule has 31 heavy (non-hydrogen) atoms. The van der Waals surface area contributed by atoms with Gasteiger partial charge in [0.15, 0.2) is 0 Å². The molecule has 0 radical (unpaired) electrons. The number of carbonyl (C=O) groups is 2. The number of nitrogens with zero attached hydrogens (tertiary/aromatic N) is 1. The van der Waals surface area contributed by atoms with Gasteiger partial charge in [-0.2, -0.15) is 0 Å². The van der Waals surface area contributed by atoms with E-state index < -0.39 is 10.0 Å². The molecule has 2 N–H and O–H groups in total. The Kier molecular flexibility index (Phi) is 4.37. The summed E-state index contributed by atoms with van der Waals surface area (Å²) in [5.74, 6) is 0.174. The van der Waals surface area contributed by atoms with E-state index in [1.54, 1.807) is 47.4 Å². The third-order valence-electron chi connectivity index (χ3n) is 5.58. The summed E-state index contributed by atoms with van der Waals surface area (Å²) >= 11 is 0. The Morgan fingerprint density at radius 1 is 1.10 bits per heavy atom. The fourth-order valence-corrected chi connectivity index (χ4v) is 5.43. The van der Waals surface area contributed by atoms with E-state index in [0.29, 0.717) is 52.1 Å². The van der Waals surface area contributed by atoms with Gasteiger partial charge in [0.05, 0.1) is 23.4 Å². The number of carbonyl (C=O) groups excluding carboxylic acids is 2. The minimum absolute atomic E-state index is 0.0164. The standard InChI is InChI=1S/C22H19N3O5S/c1-30-18-12-13(7-9-17(18)25-11-3-6-20(25)26)24-31(28,29)19-10-8-16-21-14(19)4-2-5-15(21)22(27)23-16/h2,4-5,7-10,12,24H,3,6,11H2,1H3,(H,23,27). The quantitative estimate of drug-likeness (QED) is 0.637. The van der Waals surface area contributed by atoms with Crippen LogP contribution >= 0.6 is 0 Å². The second-order valence-corrected chi connectivity index (χ2v) is 9.09. The zero-order valence-electron chi connectivity index (χ0n) is 16.6. The Morgan fingerprint density at radius 2 is 1.94 bits per heavy atom. The molecule has 0 saturated carbocycles. The summed E-state index contributed by atoms with van der Waals surface area (Å²) in [7, 11) is -2.48. The molecule has 1 saturated heterocycles. The maximum atomic E-state index is 13.2. The zero-order valence-corrected chi connectivity index (χ0v) is 17.5. The molecule has 8 nitrogen and oxygen atoms in total. The fourth-order valence-electron chi connectivity index (χ4n) is 4.17. The lowest BCUT2D eigenvalue weighted by Crippen LogP contribution is -2.24. The van der Waals surface area contributed by atoms with Crippen LogP contribution in [-0.4, -0.2) is 33.9 Å². The van der Waals surface area contributed by atoms with Crippen molar-refractivity contribution in [1.29, 1.82) is 0 Å². The van der Waals surface area contributed by atoms with E-state index in [9.17, 15) is 18.0 Å². The number of sulfonamides is 1. The van der Waals surface area contributed by atoms with Crippen molar-refractivity contribution >= 4 is 49.7 Å². The first kappa shape index (κ1) is 19.4. The number of methoxy groups -OCH3 is 1. The van der Waals surface area contributed by atoms with Crippen LogP contribution in [0.15, 0.2) is 53.4 Å². The number of benzene rings is 3. The first-order valence-corrected chi connectivity index (χ1v) is 11.3. The van der Waals surface area contributed by atoms with Crippen LogP contribution in [0.25, 0.3) is 10.8 Å². The molecular weight excluding hydrogens is 418 g/mol. The van der Waals surface area contributed by atoms with Crippen LogP contribution in [0.5, 0.6) is 5.75 Å². The highest BCUT2D eigenvalue weighted by atomic mass is 32.2. The molecule has 9 heteroatoms. The van der Waals surface area contributed by atoms with Crippen molar-refractivity contribution in [3.8, 4) is 5.75 Å². The first-order valence-electron chi connectivity index (χ1n) is 9.77. The maximum absolute atomic E-state index is 13.2. The second kappa shape index (κ2) is 6.98. The van der Waals surface area contributed by atoms with Crippen LogP contribution in [-0.2, 0) is 14.8 Å². The van der Waals surface area contributed by atoms with Crippen molar-refractivity contribution in [2.75, 3.05) is 28.6 Å². The fraction of sp³-hybridized carbons (Fsp3) is 0.182. The van der Waals surface area contributed by atoms with Gasteiger partial charge >= 0.3 is 0 Å². The third-order valence-corrected chi connectivity index (χ3v) is 7.02. The number of ether oxygens (including phenoxy) is 1. The Morgan fingerprint density at radius 3 is 2.68 bits per heavy atom. The van der Waals surface area contributed by atoms with Crippen LogP contribution in [0.1, 0.15) is 23.2 Å². The average Bonchev–Trinajstić information content (AvgIpc) is 3.32. The molecular formula is C22H19N3O5S. The van der Waals surface area contributed by atoms with Crippen molar-refractivity contribution < 1.29 is 22.7 Å². The van der Waals surface area contributed by atoms with Gasteiger partial charge in [-0.15, -0.1) is 0 Å². The van der Waals surface area contributed by atoms with Gasteiger partial charge in [0, 0.05) is 41.1 Å². The summed E-state index contributed by atoms with van der Waals surface area (Å²) < 4.78 is 34.4. The number of nitrogens with one attached hydrogen (secondary N) is 2. The van der Waals surface area contributed by atoms with Gasteiger partial charge in [0.2, 0.25) is 5.91 Å². The van der Waals surface area contributed by atoms with Gasteiger partial charge in [-0.05, 0) is 36.8 Å². The number of anilines is 3. The molecule has 0 atom stereocenters. The highest BCUT2D eigenvalue weighted by Crippen LogP contribution is 2.38. The lowest BCUT2D eigenvalue weighted by Gasteiger charge is -2.20. The molecule has 0 unspecified atom stereocenters. The highest BCUT2D eigenvalue weighted by Gasteiger charge is 2.27. The summed E-state index contributed by atoms with van der Waals surface area (Å²) in [6, 6.07) is 12.9. The first-order chi connectivity index (χ1) is 14.9. The summed E-state index contributed by atoms with van der Waals surface area (Å²) in [5.41, 5.74) is 1.97. The molecule has 3 aromatic carbocycles. The molecule has 3 aromatic rings. The van der Waals surface area contributed by atoms with E-state index in [1.165, 1.54) is 13.2 Å². The molecule has 2 amide bonds. The molecule has 2 aliphatic rings. The SMILES string of the molecule is COc1cc(NS(=O)(=O)c2ccc3c4c(cccc24)C(=O)N3)ccc1N1CCCC1=O. The highest BCUT2D eigenvalue weighted by molar-refractivity contribution is 7.93. The van der Waals surface area contributed by atoms with Crippen LogP contribution in [0.4, 0.5) is 17.1 Å². The number of hydrogen-bond donors (Lipinski definition) is 2. The van der Waals surface area contributed by atoms with E-state index >= 15 is 0 Å². The van der Waals surface area contributed by atoms with Gasteiger partial charge in [0.25, 0.3) is 15.9 Å². The van der Waals surface area contributed by atoms with Gasteiger partial charge in [0.1, 0.15) is 5.75 Å². The van der Waals surface area contributed by atoms with Gasteiger partial charge in [-0.3, -0.25) is 14.3 Å². The maximum Gasteiger partial charge on any atom is 0.262 e. The molecule has 158 valence electrons. The topological polar surface area (TPSA) is 105 Å². The van der Waals surface area contributed by atoms with Crippen molar-refractivity contribution in [1.82, 2.24) is 0 Å². The number of rotatable bonds is 5. The number of amides is 2. The Labute approximate surface area is 178 Å². The molecule has 5 rings (SSSR count). The van der Waals surface area contributed by atoms with E-state index in [1.807, 2.05) is 0 Å². The summed E-state index contributed by atoms with van der Waals surface area (Å²) in [6.45, 7) is 0.605. The molecule has 0 bridgehead atoms. The molecule has 0 aliphatic carbocycles. The third kappa shape index (κ3) is 3.09. The lowest BCUT2D eigenvalue weighted by atomic mass is 10.1. The molecule has 2 heterocycles. The summed E-state index contributed by atoms with van der Waals surface area (Å²) in [4.78, 5) is 25.9. The lowest BCUT2D eigenvalue weighted by molar-refractivity contribution is -0.117. The van der Waals surface area contributed by atoms with Crippen LogP contribution < -0.4 is 19.7 Å². The van der Waals surface area contributed by atoms with Crippen LogP contribution in [0, 0.1) is 0 Å².